The normalized spacial score (nSPS) is 21.9. The molecule has 0 bridgehead atoms. The first-order valence-electron chi connectivity index (χ1n) is 6.78. The van der Waals surface area contributed by atoms with E-state index in [9.17, 15) is 5.11 Å². The standard InChI is InChI=1S/C16H25NO/c1-15(2,11-18)10-17-14-13-8-6-5-7-12(13)9-16(14,3)4/h5-8,14,17-18H,9-11H2,1-4H3. The minimum absolute atomic E-state index is 0.0619. The highest BCUT2D eigenvalue weighted by Gasteiger charge is 2.38. The van der Waals surface area contributed by atoms with Crippen molar-refractivity contribution in [1.82, 2.24) is 5.32 Å². The molecule has 0 aliphatic heterocycles. The summed E-state index contributed by atoms with van der Waals surface area (Å²) in [7, 11) is 0. The number of aliphatic hydroxyl groups is 1. The molecule has 1 aromatic rings. The van der Waals surface area contributed by atoms with Crippen LogP contribution in [0.4, 0.5) is 0 Å². The zero-order valence-electron chi connectivity index (χ0n) is 12.0. The van der Waals surface area contributed by atoms with E-state index in [1.54, 1.807) is 0 Å². The maximum Gasteiger partial charge on any atom is 0.0494 e. The van der Waals surface area contributed by atoms with Gasteiger partial charge in [0.25, 0.3) is 0 Å². The molecule has 2 rings (SSSR count). The first-order valence-corrected chi connectivity index (χ1v) is 6.78. The van der Waals surface area contributed by atoms with Gasteiger partial charge in [0.1, 0.15) is 0 Å². The molecule has 0 saturated carbocycles. The lowest BCUT2D eigenvalue weighted by Crippen LogP contribution is -2.38. The fraction of sp³-hybridized carbons (Fsp3) is 0.625. The lowest BCUT2D eigenvalue weighted by Gasteiger charge is -2.32. The summed E-state index contributed by atoms with van der Waals surface area (Å²) in [6.45, 7) is 9.87. The highest BCUT2D eigenvalue weighted by Crippen LogP contribution is 2.45. The van der Waals surface area contributed by atoms with Gasteiger partial charge in [0.05, 0.1) is 0 Å². The van der Waals surface area contributed by atoms with Crippen LogP contribution in [0.5, 0.6) is 0 Å². The monoisotopic (exact) mass is 247 g/mol. The van der Waals surface area contributed by atoms with Crippen LogP contribution >= 0.6 is 0 Å². The molecule has 1 aliphatic rings. The molecule has 2 N–H and O–H groups in total. The number of aliphatic hydroxyl groups excluding tert-OH is 1. The topological polar surface area (TPSA) is 32.3 Å². The molecular weight excluding hydrogens is 222 g/mol. The minimum Gasteiger partial charge on any atom is -0.396 e. The van der Waals surface area contributed by atoms with Crippen LogP contribution in [0.15, 0.2) is 24.3 Å². The van der Waals surface area contributed by atoms with E-state index in [-0.39, 0.29) is 17.4 Å². The summed E-state index contributed by atoms with van der Waals surface area (Å²) in [6, 6.07) is 9.09. The second-order valence-electron chi connectivity index (χ2n) is 7.00. The van der Waals surface area contributed by atoms with Crippen LogP contribution < -0.4 is 5.32 Å². The number of benzene rings is 1. The fourth-order valence-electron chi connectivity index (χ4n) is 2.81. The molecule has 1 aliphatic carbocycles. The van der Waals surface area contributed by atoms with Gasteiger partial charge >= 0.3 is 0 Å². The molecule has 0 fully saturated rings. The summed E-state index contributed by atoms with van der Waals surface area (Å²) < 4.78 is 0. The maximum atomic E-state index is 9.35. The molecule has 0 heterocycles. The molecule has 1 aromatic carbocycles. The minimum atomic E-state index is -0.0619. The van der Waals surface area contributed by atoms with Crippen molar-refractivity contribution in [3.8, 4) is 0 Å². The lowest BCUT2D eigenvalue weighted by molar-refractivity contribution is 0.142. The van der Waals surface area contributed by atoms with Crippen LogP contribution in [0.3, 0.4) is 0 Å². The van der Waals surface area contributed by atoms with Crippen LogP contribution in [0.25, 0.3) is 0 Å². The average molecular weight is 247 g/mol. The van der Waals surface area contributed by atoms with Crippen molar-refractivity contribution in [2.45, 2.75) is 40.2 Å². The Morgan fingerprint density at radius 3 is 2.67 bits per heavy atom. The second-order valence-corrected chi connectivity index (χ2v) is 7.00. The van der Waals surface area contributed by atoms with Crippen molar-refractivity contribution >= 4 is 0 Å². The van der Waals surface area contributed by atoms with Crippen LogP contribution in [0, 0.1) is 10.8 Å². The predicted molar refractivity (Wildman–Crippen MR) is 75.5 cm³/mol. The van der Waals surface area contributed by atoms with Gasteiger partial charge in [0, 0.05) is 24.6 Å². The number of hydrogen-bond acceptors (Lipinski definition) is 2. The molecule has 2 nitrogen and oxygen atoms in total. The van der Waals surface area contributed by atoms with Gasteiger partial charge in [-0.05, 0) is 23.0 Å². The summed E-state index contributed by atoms with van der Waals surface area (Å²) in [4.78, 5) is 0. The largest absolute Gasteiger partial charge is 0.396 e. The Labute approximate surface area is 110 Å². The zero-order chi connectivity index (χ0) is 13.4. The van der Waals surface area contributed by atoms with E-state index < -0.39 is 0 Å². The van der Waals surface area contributed by atoms with E-state index >= 15 is 0 Å². The molecule has 0 radical (unpaired) electrons. The van der Waals surface area contributed by atoms with Crippen molar-refractivity contribution in [2.75, 3.05) is 13.2 Å². The molecule has 0 spiro atoms. The van der Waals surface area contributed by atoms with Gasteiger partial charge in [0.15, 0.2) is 0 Å². The van der Waals surface area contributed by atoms with Gasteiger partial charge in [-0.3, -0.25) is 0 Å². The Bertz CT molecular complexity index is 423. The van der Waals surface area contributed by atoms with E-state index in [1.165, 1.54) is 11.1 Å². The number of fused-ring (bicyclic) bond motifs is 1. The molecule has 1 unspecified atom stereocenters. The Morgan fingerprint density at radius 1 is 1.33 bits per heavy atom. The maximum absolute atomic E-state index is 9.35. The third-order valence-electron chi connectivity index (χ3n) is 4.01. The number of nitrogens with one attached hydrogen (secondary N) is 1. The summed E-state index contributed by atoms with van der Waals surface area (Å²) in [5, 5.41) is 13.0. The molecule has 0 aromatic heterocycles. The third-order valence-corrected chi connectivity index (χ3v) is 4.01. The zero-order valence-corrected chi connectivity index (χ0v) is 12.0. The third kappa shape index (κ3) is 2.60. The predicted octanol–water partition coefficient (Wildman–Crippen LogP) is 2.92. The van der Waals surface area contributed by atoms with Crippen molar-refractivity contribution in [3.05, 3.63) is 35.4 Å². The van der Waals surface area contributed by atoms with E-state index in [0.29, 0.717) is 6.04 Å². The van der Waals surface area contributed by atoms with E-state index in [1.807, 2.05) is 0 Å². The average Bonchev–Trinajstić information content (AvgIpc) is 2.56. The molecule has 0 amide bonds. The fourth-order valence-corrected chi connectivity index (χ4v) is 2.81. The summed E-state index contributed by atoms with van der Waals surface area (Å²) in [6.07, 6.45) is 1.13. The first kappa shape index (κ1) is 13.6. The Balaban J connectivity index is 2.16. The highest BCUT2D eigenvalue weighted by atomic mass is 16.3. The van der Waals surface area contributed by atoms with Crippen LogP contribution in [0.1, 0.15) is 44.9 Å². The molecule has 18 heavy (non-hydrogen) atoms. The Hall–Kier alpha value is -0.860. The highest BCUT2D eigenvalue weighted by molar-refractivity contribution is 5.37. The number of rotatable bonds is 4. The number of hydrogen-bond donors (Lipinski definition) is 2. The quantitative estimate of drug-likeness (QED) is 0.857. The van der Waals surface area contributed by atoms with Gasteiger partial charge in [-0.15, -0.1) is 0 Å². The second kappa shape index (κ2) is 4.67. The van der Waals surface area contributed by atoms with Crippen molar-refractivity contribution < 1.29 is 5.11 Å². The van der Waals surface area contributed by atoms with Crippen LogP contribution in [0.2, 0.25) is 0 Å². The van der Waals surface area contributed by atoms with Crippen LogP contribution in [-0.4, -0.2) is 18.3 Å². The molecule has 100 valence electrons. The smallest absolute Gasteiger partial charge is 0.0494 e. The van der Waals surface area contributed by atoms with Crippen LogP contribution in [-0.2, 0) is 6.42 Å². The summed E-state index contributed by atoms with van der Waals surface area (Å²) in [5.74, 6) is 0. The van der Waals surface area contributed by atoms with Gasteiger partial charge in [-0.25, -0.2) is 0 Å². The van der Waals surface area contributed by atoms with E-state index in [2.05, 4.69) is 57.3 Å². The van der Waals surface area contributed by atoms with Crippen molar-refractivity contribution in [1.29, 1.82) is 0 Å². The van der Waals surface area contributed by atoms with Crippen molar-refractivity contribution in [2.24, 2.45) is 10.8 Å². The van der Waals surface area contributed by atoms with Crippen molar-refractivity contribution in [3.63, 3.8) is 0 Å². The summed E-state index contributed by atoms with van der Waals surface area (Å²) in [5.41, 5.74) is 3.07. The van der Waals surface area contributed by atoms with Gasteiger partial charge in [-0.1, -0.05) is 52.0 Å². The van der Waals surface area contributed by atoms with Gasteiger partial charge in [-0.2, -0.15) is 0 Å². The summed E-state index contributed by atoms with van der Waals surface area (Å²) >= 11 is 0. The lowest BCUT2D eigenvalue weighted by atomic mass is 9.84. The molecule has 1 atom stereocenters. The first-order chi connectivity index (χ1) is 8.36. The van der Waals surface area contributed by atoms with Gasteiger partial charge < -0.3 is 10.4 Å². The molecule has 0 saturated heterocycles. The Morgan fingerprint density at radius 2 is 2.00 bits per heavy atom. The Kier molecular flexibility index (Phi) is 3.52. The van der Waals surface area contributed by atoms with E-state index in [0.717, 1.165) is 13.0 Å². The van der Waals surface area contributed by atoms with Gasteiger partial charge in [0.2, 0.25) is 0 Å². The van der Waals surface area contributed by atoms with E-state index in [4.69, 9.17) is 0 Å². The molecule has 2 heteroatoms. The molecular formula is C16H25NO. The SMILES string of the molecule is CC(C)(CO)CNC1c2ccccc2CC1(C)C.